The summed E-state index contributed by atoms with van der Waals surface area (Å²) < 4.78 is 19.3. The molecule has 136 valence electrons. The number of aromatic amines is 1. The van der Waals surface area contributed by atoms with Gasteiger partial charge in [0.2, 0.25) is 5.95 Å². The molecule has 7 heteroatoms. The van der Waals surface area contributed by atoms with Crippen molar-refractivity contribution in [2.24, 2.45) is 0 Å². The number of anilines is 2. The maximum atomic E-state index is 13.1. The predicted octanol–water partition coefficient (Wildman–Crippen LogP) is 4.95. The van der Waals surface area contributed by atoms with Gasteiger partial charge in [0.1, 0.15) is 17.1 Å². The van der Waals surface area contributed by atoms with E-state index < -0.39 is 0 Å². The van der Waals surface area contributed by atoms with Crippen LogP contribution in [-0.4, -0.2) is 19.9 Å². The highest BCUT2D eigenvalue weighted by molar-refractivity contribution is 5.78. The Balaban J connectivity index is 1.74. The van der Waals surface area contributed by atoms with Gasteiger partial charge < -0.3 is 15.0 Å². The Bertz CT molecular complexity index is 1100. The van der Waals surface area contributed by atoms with Crippen LogP contribution in [0.15, 0.2) is 42.7 Å². The Labute approximate surface area is 155 Å². The second kappa shape index (κ2) is 6.68. The smallest absolute Gasteiger partial charge is 0.250 e. The third-order valence-corrected chi connectivity index (χ3v) is 4.16. The SMILES string of the molecule is Cc1cc(C)c(Oc2nc(Nc3ccc(F)cc3)nc3nc[nH]c23)c(C)c1. The van der Waals surface area contributed by atoms with Crippen molar-refractivity contribution in [3.05, 3.63) is 65.2 Å². The fourth-order valence-electron chi connectivity index (χ4n) is 3.02. The fraction of sp³-hybridized carbons (Fsp3) is 0.150. The van der Waals surface area contributed by atoms with E-state index in [1.807, 2.05) is 20.8 Å². The molecule has 0 aliphatic heterocycles. The standard InChI is InChI=1S/C20H18FN5O/c1-11-8-12(2)17(13(3)9-11)27-19-16-18(23-10-22-16)25-20(26-19)24-15-6-4-14(21)5-7-15/h4-10H,1-3H3,(H2,22,23,24,25,26). The highest BCUT2D eigenvalue weighted by atomic mass is 19.1. The van der Waals surface area contributed by atoms with Crippen molar-refractivity contribution >= 4 is 22.8 Å². The van der Waals surface area contributed by atoms with E-state index in [0.717, 1.165) is 16.9 Å². The molecule has 4 rings (SSSR count). The van der Waals surface area contributed by atoms with Gasteiger partial charge in [-0.15, -0.1) is 0 Å². The summed E-state index contributed by atoms with van der Waals surface area (Å²) in [6, 6.07) is 10.1. The number of ether oxygens (including phenoxy) is 1. The zero-order valence-corrected chi connectivity index (χ0v) is 15.2. The number of rotatable bonds is 4. The third kappa shape index (κ3) is 3.44. The second-order valence-electron chi connectivity index (χ2n) is 6.42. The maximum absolute atomic E-state index is 13.1. The summed E-state index contributed by atoms with van der Waals surface area (Å²) in [7, 11) is 0. The van der Waals surface area contributed by atoms with Crippen molar-refractivity contribution in [3.63, 3.8) is 0 Å². The Morgan fingerprint density at radius 1 is 1.00 bits per heavy atom. The first kappa shape index (κ1) is 17.0. The topological polar surface area (TPSA) is 75.7 Å². The Hall–Kier alpha value is -3.48. The Kier molecular flexibility index (Phi) is 4.19. The van der Waals surface area contributed by atoms with Crippen LogP contribution in [0.25, 0.3) is 11.2 Å². The average Bonchev–Trinajstić information content (AvgIpc) is 3.08. The van der Waals surface area contributed by atoms with Crippen LogP contribution >= 0.6 is 0 Å². The van der Waals surface area contributed by atoms with E-state index in [9.17, 15) is 4.39 Å². The van der Waals surface area contributed by atoms with E-state index in [1.54, 1.807) is 18.5 Å². The van der Waals surface area contributed by atoms with Crippen LogP contribution in [-0.2, 0) is 0 Å². The van der Waals surface area contributed by atoms with Gasteiger partial charge in [-0.1, -0.05) is 17.7 Å². The number of hydrogen-bond donors (Lipinski definition) is 2. The fourth-order valence-corrected chi connectivity index (χ4v) is 3.02. The van der Waals surface area contributed by atoms with Crippen LogP contribution in [0.2, 0.25) is 0 Å². The molecule has 0 saturated heterocycles. The zero-order valence-electron chi connectivity index (χ0n) is 15.2. The van der Waals surface area contributed by atoms with Crippen molar-refractivity contribution in [2.45, 2.75) is 20.8 Å². The lowest BCUT2D eigenvalue weighted by atomic mass is 10.1. The van der Waals surface area contributed by atoms with Crippen molar-refractivity contribution in [1.82, 2.24) is 19.9 Å². The van der Waals surface area contributed by atoms with E-state index in [1.165, 1.54) is 17.7 Å². The number of imidazole rings is 1. The molecular weight excluding hydrogens is 345 g/mol. The maximum Gasteiger partial charge on any atom is 0.250 e. The first-order valence-electron chi connectivity index (χ1n) is 8.49. The third-order valence-electron chi connectivity index (χ3n) is 4.16. The largest absolute Gasteiger partial charge is 0.436 e. The minimum atomic E-state index is -0.307. The molecule has 27 heavy (non-hydrogen) atoms. The van der Waals surface area contributed by atoms with E-state index in [-0.39, 0.29) is 5.82 Å². The van der Waals surface area contributed by atoms with Gasteiger partial charge in [-0.05, 0) is 56.2 Å². The molecule has 4 aromatic rings. The second-order valence-corrected chi connectivity index (χ2v) is 6.42. The molecule has 6 nitrogen and oxygen atoms in total. The molecule has 0 spiro atoms. The first-order chi connectivity index (χ1) is 13.0. The molecule has 0 atom stereocenters. The lowest BCUT2D eigenvalue weighted by Crippen LogP contribution is -2.01. The van der Waals surface area contributed by atoms with Crippen LogP contribution < -0.4 is 10.1 Å². The molecule has 2 N–H and O–H groups in total. The van der Waals surface area contributed by atoms with Gasteiger partial charge in [-0.2, -0.15) is 9.97 Å². The number of benzene rings is 2. The lowest BCUT2D eigenvalue weighted by Gasteiger charge is -2.13. The summed E-state index contributed by atoms with van der Waals surface area (Å²) in [6.07, 6.45) is 1.54. The number of H-pyrrole nitrogens is 1. The minimum Gasteiger partial charge on any atom is -0.436 e. The molecule has 0 aliphatic carbocycles. The van der Waals surface area contributed by atoms with Crippen molar-refractivity contribution in [2.75, 3.05) is 5.32 Å². The van der Waals surface area contributed by atoms with E-state index in [2.05, 4.69) is 37.4 Å². The van der Waals surface area contributed by atoms with E-state index in [4.69, 9.17) is 4.74 Å². The predicted molar refractivity (Wildman–Crippen MR) is 102 cm³/mol. The summed E-state index contributed by atoms with van der Waals surface area (Å²) in [6.45, 7) is 6.04. The molecule has 0 unspecified atom stereocenters. The number of aromatic nitrogens is 4. The van der Waals surface area contributed by atoms with Gasteiger partial charge in [0.05, 0.1) is 6.33 Å². The normalized spacial score (nSPS) is 11.0. The van der Waals surface area contributed by atoms with Crippen molar-refractivity contribution < 1.29 is 9.13 Å². The number of hydrogen-bond acceptors (Lipinski definition) is 5. The molecule has 0 aliphatic rings. The van der Waals surface area contributed by atoms with E-state index >= 15 is 0 Å². The van der Waals surface area contributed by atoms with Gasteiger partial charge in [0, 0.05) is 5.69 Å². The summed E-state index contributed by atoms with van der Waals surface area (Å²) in [5, 5.41) is 3.05. The van der Waals surface area contributed by atoms with Gasteiger partial charge >= 0.3 is 0 Å². The van der Waals surface area contributed by atoms with Gasteiger partial charge in [-0.25, -0.2) is 9.37 Å². The van der Waals surface area contributed by atoms with Crippen molar-refractivity contribution in [1.29, 1.82) is 0 Å². The van der Waals surface area contributed by atoms with Gasteiger partial charge in [-0.3, -0.25) is 0 Å². The molecule has 0 amide bonds. The van der Waals surface area contributed by atoms with Gasteiger partial charge in [0.25, 0.3) is 5.88 Å². The monoisotopic (exact) mass is 363 g/mol. The van der Waals surface area contributed by atoms with Crippen LogP contribution in [0.5, 0.6) is 11.6 Å². The summed E-state index contributed by atoms with van der Waals surface area (Å²) in [5.41, 5.74) is 4.97. The molecule has 0 fully saturated rings. The van der Waals surface area contributed by atoms with Crippen LogP contribution in [0.3, 0.4) is 0 Å². The first-order valence-corrected chi connectivity index (χ1v) is 8.49. The summed E-state index contributed by atoms with van der Waals surface area (Å²) >= 11 is 0. The number of fused-ring (bicyclic) bond motifs is 1. The number of aryl methyl sites for hydroxylation is 3. The lowest BCUT2D eigenvalue weighted by molar-refractivity contribution is 0.461. The minimum absolute atomic E-state index is 0.307. The number of nitrogens with one attached hydrogen (secondary N) is 2. The average molecular weight is 363 g/mol. The number of halogens is 1. The quantitative estimate of drug-likeness (QED) is 0.536. The summed E-state index contributed by atoms with van der Waals surface area (Å²) in [4.78, 5) is 16.1. The summed E-state index contributed by atoms with van der Waals surface area (Å²) in [5.74, 6) is 1.14. The molecule has 2 heterocycles. The van der Waals surface area contributed by atoms with Crippen LogP contribution in [0.4, 0.5) is 16.0 Å². The van der Waals surface area contributed by atoms with Crippen LogP contribution in [0, 0.1) is 26.6 Å². The highest BCUT2D eigenvalue weighted by Crippen LogP contribution is 2.32. The van der Waals surface area contributed by atoms with Crippen LogP contribution in [0.1, 0.15) is 16.7 Å². The van der Waals surface area contributed by atoms with Gasteiger partial charge in [0.15, 0.2) is 5.65 Å². The Morgan fingerprint density at radius 2 is 1.70 bits per heavy atom. The molecule has 0 bridgehead atoms. The van der Waals surface area contributed by atoms with Crippen molar-refractivity contribution in [3.8, 4) is 11.6 Å². The molecular formula is C20H18FN5O. The van der Waals surface area contributed by atoms with E-state index in [0.29, 0.717) is 28.7 Å². The molecule has 0 radical (unpaired) electrons. The highest BCUT2D eigenvalue weighted by Gasteiger charge is 2.15. The molecule has 0 saturated carbocycles. The zero-order chi connectivity index (χ0) is 19.0. The molecule has 2 aromatic carbocycles. The number of nitrogens with zero attached hydrogens (tertiary/aromatic N) is 3. The molecule has 2 aromatic heterocycles. The Morgan fingerprint density at radius 3 is 2.41 bits per heavy atom.